The lowest BCUT2D eigenvalue weighted by Crippen LogP contribution is -2.47. The van der Waals surface area contributed by atoms with Gasteiger partial charge >= 0.3 is 0 Å². The Kier molecular flexibility index (Phi) is 6.73. The zero-order valence-corrected chi connectivity index (χ0v) is 12.0. The Morgan fingerprint density at radius 3 is 2.50 bits per heavy atom. The van der Waals surface area contributed by atoms with E-state index in [1.54, 1.807) is 18.7 Å². The number of carbonyl (C=O) groups excluding carboxylic acids is 2. The standard InChI is InChI=1S/C15H22N2O3/c1-3-14(19)17(11-13-7-5-4-6-8-13)12(2)15(20)16-9-10-18/h4-8,12,18H,3,9-11H2,1-2H3,(H,16,20)/t12-/m0/s1. The molecule has 0 heterocycles. The SMILES string of the molecule is CCC(=O)N(Cc1ccccc1)[C@@H](C)C(=O)NCCO. The molecule has 5 nitrogen and oxygen atoms in total. The van der Waals surface area contributed by atoms with E-state index in [9.17, 15) is 9.59 Å². The first-order valence-corrected chi connectivity index (χ1v) is 6.82. The van der Waals surface area contributed by atoms with Crippen molar-refractivity contribution in [2.24, 2.45) is 0 Å². The van der Waals surface area contributed by atoms with E-state index in [1.165, 1.54) is 0 Å². The molecular weight excluding hydrogens is 256 g/mol. The fourth-order valence-electron chi connectivity index (χ4n) is 1.89. The highest BCUT2D eigenvalue weighted by Gasteiger charge is 2.24. The van der Waals surface area contributed by atoms with Gasteiger partial charge in [-0.05, 0) is 12.5 Å². The average molecular weight is 278 g/mol. The molecular formula is C15H22N2O3. The quantitative estimate of drug-likeness (QED) is 0.779. The largest absolute Gasteiger partial charge is 0.395 e. The van der Waals surface area contributed by atoms with Crippen LogP contribution >= 0.6 is 0 Å². The molecule has 0 fully saturated rings. The number of aliphatic hydroxyl groups excluding tert-OH is 1. The van der Waals surface area contributed by atoms with Gasteiger partial charge in [0.1, 0.15) is 6.04 Å². The number of nitrogens with one attached hydrogen (secondary N) is 1. The number of nitrogens with zero attached hydrogens (tertiary/aromatic N) is 1. The Morgan fingerprint density at radius 1 is 1.30 bits per heavy atom. The van der Waals surface area contributed by atoms with Gasteiger partial charge in [-0.15, -0.1) is 0 Å². The summed E-state index contributed by atoms with van der Waals surface area (Å²) >= 11 is 0. The number of benzene rings is 1. The minimum atomic E-state index is -0.561. The van der Waals surface area contributed by atoms with Crippen LogP contribution in [0.3, 0.4) is 0 Å². The first-order chi connectivity index (χ1) is 9.60. The van der Waals surface area contributed by atoms with Gasteiger partial charge in [0.25, 0.3) is 0 Å². The van der Waals surface area contributed by atoms with E-state index in [-0.39, 0.29) is 25.0 Å². The highest BCUT2D eigenvalue weighted by atomic mass is 16.3. The fourth-order valence-corrected chi connectivity index (χ4v) is 1.89. The summed E-state index contributed by atoms with van der Waals surface area (Å²) < 4.78 is 0. The van der Waals surface area contributed by atoms with Crippen LogP contribution in [0.25, 0.3) is 0 Å². The highest BCUT2D eigenvalue weighted by Crippen LogP contribution is 2.10. The second kappa shape index (κ2) is 8.32. The van der Waals surface area contributed by atoms with Crippen molar-refractivity contribution in [1.29, 1.82) is 0 Å². The van der Waals surface area contributed by atoms with Crippen molar-refractivity contribution in [2.45, 2.75) is 32.9 Å². The highest BCUT2D eigenvalue weighted by molar-refractivity contribution is 5.87. The van der Waals surface area contributed by atoms with Gasteiger partial charge in [0.15, 0.2) is 0 Å². The second-order valence-corrected chi connectivity index (χ2v) is 4.55. The van der Waals surface area contributed by atoms with Gasteiger partial charge in [0.2, 0.25) is 11.8 Å². The third-order valence-corrected chi connectivity index (χ3v) is 3.08. The van der Waals surface area contributed by atoms with Gasteiger partial charge < -0.3 is 15.3 Å². The average Bonchev–Trinajstić information content (AvgIpc) is 2.49. The van der Waals surface area contributed by atoms with Crippen LogP contribution in [-0.4, -0.2) is 41.0 Å². The monoisotopic (exact) mass is 278 g/mol. The summed E-state index contributed by atoms with van der Waals surface area (Å²) in [6.45, 7) is 3.96. The zero-order valence-electron chi connectivity index (χ0n) is 12.0. The van der Waals surface area contributed by atoms with Gasteiger partial charge in [-0.1, -0.05) is 37.3 Å². The summed E-state index contributed by atoms with van der Waals surface area (Å²) in [6, 6.07) is 9.00. The summed E-state index contributed by atoms with van der Waals surface area (Å²) in [6.07, 6.45) is 0.352. The molecule has 0 aliphatic carbocycles. The van der Waals surface area contributed by atoms with Gasteiger partial charge in [-0.25, -0.2) is 0 Å². The molecule has 1 aromatic rings. The van der Waals surface area contributed by atoms with Crippen molar-refractivity contribution >= 4 is 11.8 Å². The van der Waals surface area contributed by atoms with Crippen molar-refractivity contribution in [1.82, 2.24) is 10.2 Å². The van der Waals surface area contributed by atoms with Crippen molar-refractivity contribution in [2.75, 3.05) is 13.2 Å². The van der Waals surface area contributed by atoms with Crippen molar-refractivity contribution in [3.63, 3.8) is 0 Å². The maximum Gasteiger partial charge on any atom is 0.242 e. The third-order valence-electron chi connectivity index (χ3n) is 3.08. The summed E-state index contributed by atoms with van der Waals surface area (Å²) in [5, 5.41) is 11.3. The van der Waals surface area contributed by atoms with Crippen LogP contribution < -0.4 is 5.32 Å². The predicted molar refractivity (Wildman–Crippen MR) is 76.8 cm³/mol. The van der Waals surface area contributed by atoms with E-state index in [0.29, 0.717) is 13.0 Å². The van der Waals surface area contributed by atoms with Crippen LogP contribution in [0.5, 0.6) is 0 Å². The van der Waals surface area contributed by atoms with Crippen molar-refractivity contribution in [3.8, 4) is 0 Å². The minimum Gasteiger partial charge on any atom is -0.395 e. The van der Waals surface area contributed by atoms with Crippen molar-refractivity contribution in [3.05, 3.63) is 35.9 Å². The van der Waals surface area contributed by atoms with E-state index in [4.69, 9.17) is 5.11 Å². The Labute approximate surface area is 119 Å². The molecule has 0 aromatic heterocycles. The van der Waals surface area contributed by atoms with E-state index in [1.807, 2.05) is 30.3 Å². The molecule has 0 saturated carbocycles. The smallest absolute Gasteiger partial charge is 0.242 e. The molecule has 0 radical (unpaired) electrons. The molecule has 5 heteroatoms. The number of aliphatic hydroxyl groups is 1. The maximum absolute atomic E-state index is 12.0. The molecule has 2 N–H and O–H groups in total. The number of carbonyl (C=O) groups is 2. The Balaban J connectivity index is 2.78. The van der Waals surface area contributed by atoms with E-state index < -0.39 is 6.04 Å². The first-order valence-electron chi connectivity index (χ1n) is 6.82. The van der Waals surface area contributed by atoms with E-state index >= 15 is 0 Å². The Hall–Kier alpha value is -1.88. The van der Waals surface area contributed by atoms with Crippen molar-refractivity contribution < 1.29 is 14.7 Å². The van der Waals surface area contributed by atoms with Crippen LogP contribution in [0.4, 0.5) is 0 Å². The Bertz CT molecular complexity index is 434. The fraction of sp³-hybridized carbons (Fsp3) is 0.467. The lowest BCUT2D eigenvalue weighted by Gasteiger charge is -2.28. The minimum absolute atomic E-state index is 0.0690. The third kappa shape index (κ3) is 4.66. The number of amides is 2. The molecule has 0 aliphatic heterocycles. The molecule has 110 valence electrons. The molecule has 0 aliphatic rings. The maximum atomic E-state index is 12.0. The normalized spacial score (nSPS) is 11.8. The van der Waals surface area contributed by atoms with Gasteiger partial charge in [-0.2, -0.15) is 0 Å². The number of rotatable bonds is 7. The van der Waals surface area contributed by atoms with Crippen LogP contribution in [0.15, 0.2) is 30.3 Å². The summed E-state index contributed by atoms with van der Waals surface area (Å²) in [5.74, 6) is -0.322. The molecule has 1 rings (SSSR count). The lowest BCUT2D eigenvalue weighted by atomic mass is 10.1. The van der Waals surface area contributed by atoms with Gasteiger partial charge in [-0.3, -0.25) is 9.59 Å². The van der Waals surface area contributed by atoms with Crippen LogP contribution in [-0.2, 0) is 16.1 Å². The van der Waals surface area contributed by atoms with Crippen LogP contribution in [0.2, 0.25) is 0 Å². The molecule has 0 bridgehead atoms. The molecule has 20 heavy (non-hydrogen) atoms. The molecule has 2 amide bonds. The first kappa shape index (κ1) is 16.2. The van der Waals surface area contributed by atoms with Gasteiger partial charge in [0.05, 0.1) is 6.61 Å². The molecule has 1 aromatic carbocycles. The zero-order chi connectivity index (χ0) is 15.0. The Morgan fingerprint density at radius 2 is 1.95 bits per heavy atom. The molecule has 0 saturated heterocycles. The number of hydrogen-bond donors (Lipinski definition) is 2. The topological polar surface area (TPSA) is 69.6 Å². The van der Waals surface area contributed by atoms with E-state index in [0.717, 1.165) is 5.56 Å². The summed E-state index contributed by atoms with van der Waals surface area (Å²) in [7, 11) is 0. The lowest BCUT2D eigenvalue weighted by molar-refractivity contribution is -0.140. The van der Waals surface area contributed by atoms with E-state index in [2.05, 4.69) is 5.32 Å². The summed E-state index contributed by atoms with van der Waals surface area (Å²) in [4.78, 5) is 25.5. The van der Waals surface area contributed by atoms with Gasteiger partial charge in [0, 0.05) is 19.5 Å². The molecule has 1 atom stereocenters. The van der Waals surface area contributed by atoms with Crippen LogP contribution in [0, 0.1) is 0 Å². The molecule has 0 unspecified atom stereocenters. The molecule has 0 spiro atoms. The predicted octanol–water partition coefficient (Wildman–Crippen LogP) is 0.922. The second-order valence-electron chi connectivity index (χ2n) is 4.55. The number of hydrogen-bond acceptors (Lipinski definition) is 3. The van der Waals surface area contributed by atoms with Crippen LogP contribution in [0.1, 0.15) is 25.8 Å². The summed E-state index contributed by atoms with van der Waals surface area (Å²) in [5.41, 5.74) is 0.983.